The van der Waals surface area contributed by atoms with Crippen molar-refractivity contribution in [2.75, 3.05) is 11.6 Å². The van der Waals surface area contributed by atoms with E-state index in [1.807, 2.05) is 0 Å². The first-order valence-electron chi connectivity index (χ1n) is 9.43. The molecule has 0 saturated heterocycles. The summed E-state index contributed by atoms with van der Waals surface area (Å²) in [6.45, 7) is 1.95. The molecular formula is C21H21F3N2O5S. The number of amides is 2. The Balaban J connectivity index is 1.88. The van der Waals surface area contributed by atoms with Crippen LogP contribution in [0.15, 0.2) is 47.4 Å². The lowest BCUT2D eigenvalue weighted by molar-refractivity contribution is -0.258. The van der Waals surface area contributed by atoms with Crippen LogP contribution in [0.2, 0.25) is 0 Å². The Bertz CT molecular complexity index is 1170. The molecule has 0 saturated carbocycles. The van der Waals surface area contributed by atoms with Gasteiger partial charge in [0.05, 0.1) is 4.90 Å². The Labute approximate surface area is 182 Å². The molecule has 7 nitrogen and oxygen atoms in total. The van der Waals surface area contributed by atoms with Crippen LogP contribution in [-0.2, 0) is 31.6 Å². The summed E-state index contributed by atoms with van der Waals surface area (Å²) in [6, 6.07) is 7.74. The average molecular weight is 470 g/mol. The summed E-state index contributed by atoms with van der Waals surface area (Å²) >= 11 is 0. The Morgan fingerprint density at radius 3 is 2.22 bits per heavy atom. The number of carbonyl (C=O) groups is 2. The van der Waals surface area contributed by atoms with Crippen LogP contribution in [0, 0.1) is 0 Å². The number of aliphatic hydroxyl groups is 1. The standard InChI is InChI=1S/C21H21F3N2O5S/c1-12(27)26-11-13-10-16(32(3,30)31)8-9-17(13)18(26)19(28)25-15-6-4-14(5-7-15)20(2,29)21(22,23)24/h4-10,18,29H,11H2,1-3H3,(H,25,28). The van der Waals surface area contributed by atoms with Gasteiger partial charge in [0.15, 0.2) is 15.4 Å². The van der Waals surface area contributed by atoms with E-state index in [1.165, 1.54) is 42.2 Å². The number of carbonyl (C=O) groups excluding carboxylic acids is 2. The molecule has 0 fully saturated rings. The highest BCUT2D eigenvalue weighted by molar-refractivity contribution is 7.90. The van der Waals surface area contributed by atoms with E-state index < -0.39 is 45.0 Å². The molecule has 11 heteroatoms. The first kappa shape index (κ1) is 23.7. The number of halogens is 3. The smallest absolute Gasteiger partial charge is 0.376 e. The third-order valence-corrected chi connectivity index (χ3v) is 6.52. The van der Waals surface area contributed by atoms with Gasteiger partial charge in [-0.05, 0) is 47.9 Å². The molecule has 2 aromatic rings. The second-order valence-electron chi connectivity index (χ2n) is 7.82. The Morgan fingerprint density at radius 2 is 1.72 bits per heavy atom. The molecule has 2 N–H and O–H groups in total. The van der Waals surface area contributed by atoms with Crippen molar-refractivity contribution in [1.29, 1.82) is 0 Å². The molecule has 2 unspecified atom stereocenters. The van der Waals surface area contributed by atoms with Crippen LogP contribution in [0.1, 0.15) is 36.6 Å². The van der Waals surface area contributed by atoms with Gasteiger partial charge in [-0.15, -0.1) is 0 Å². The number of anilines is 1. The molecule has 0 bridgehead atoms. The van der Waals surface area contributed by atoms with Crippen molar-refractivity contribution in [1.82, 2.24) is 4.90 Å². The summed E-state index contributed by atoms with van der Waals surface area (Å²) < 4.78 is 62.6. The summed E-state index contributed by atoms with van der Waals surface area (Å²) in [5.41, 5.74) is -2.31. The minimum Gasteiger partial charge on any atom is -0.376 e. The number of sulfone groups is 1. The number of hydrogen-bond donors (Lipinski definition) is 2. The Hall–Kier alpha value is -2.92. The number of rotatable bonds is 4. The van der Waals surface area contributed by atoms with E-state index in [-0.39, 0.29) is 17.1 Å². The fourth-order valence-corrected chi connectivity index (χ4v) is 4.16. The highest BCUT2D eigenvalue weighted by atomic mass is 32.2. The van der Waals surface area contributed by atoms with Gasteiger partial charge in [-0.25, -0.2) is 8.42 Å². The SMILES string of the molecule is CC(=O)N1Cc2cc(S(C)(=O)=O)ccc2C1C(=O)Nc1ccc(C(C)(O)C(F)(F)F)cc1. The van der Waals surface area contributed by atoms with E-state index in [0.29, 0.717) is 18.1 Å². The van der Waals surface area contributed by atoms with Gasteiger partial charge in [-0.1, -0.05) is 18.2 Å². The number of alkyl halides is 3. The van der Waals surface area contributed by atoms with Crippen molar-refractivity contribution in [2.45, 2.75) is 43.1 Å². The maximum atomic E-state index is 13.0. The minimum atomic E-state index is -4.88. The summed E-state index contributed by atoms with van der Waals surface area (Å²) in [6.07, 6.45) is -3.82. The van der Waals surface area contributed by atoms with Crippen LogP contribution in [0.25, 0.3) is 0 Å². The number of benzene rings is 2. The normalized spacial score (nSPS) is 18.1. The van der Waals surface area contributed by atoms with Crippen LogP contribution >= 0.6 is 0 Å². The van der Waals surface area contributed by atoms with Gasteiger partial charge in [0.2, 0.25) is 5.91 Å². The molecule has 0 radical (unpaired) electrons. The Kier molecular flexibility index (Phi) is 5.85. The number of nitrogens with zero attached hydrogens (tertiary/aromatic N) is 1. The lowest BCUT2D eigenvalue weighted by Crippen LogP contribution is -2.39. The van der Waals surface area contributed by atoms with Crippen LogP contribution in [0.5, 0.6) is 0 Å². The molecule has 0 aromatic heterocycles. The van der Waals surface area contributed by atoms with Crippen LogP contribution < -0.4 is 5.32 Å². The topological polar surface area (TPSA) is 104 Å². The van der Waals surface area contributed by atoms with Crippen LogP contribution in [-0.4, -0.2) is 42.7 Å². The van der Waals surface area contributed by atoms with E-state index in [9.17, 15) is 36.3 Å². The van der Waals surface area contributed by atoms with E-state index >= 15 is 0 Å². The van der Waals surface area contributed by atoms with Gasteiger partial charge in [-0.2, -0.15) is 13.2 Å². The van der Waals surface area contributed by atoms with E-state index in [4.69, 9.17) is 0 Å². The van der Waals surface area contributed by atoms with Crippen molar-refractivity contribution >= 4 is 27.3 Å². The zero-order chi connectivity index (χ0) is 24.1. The van der Waals surface area contributed by atoms with Gasteiger partial charge < -0.3 is 15.3 Å². The Morgan fingerprint density at radius 1 is 1.12 bits per heavy atom. The zero-order valence-electron chi connectivity index (χ0n) is 17.4. The minimum absolute atomic E-state index is 0.0412. The van der Waals surface area contributed by atoms with Gasteiger partial charge in [0.25, 0.3) is 5.91 Å². The number of nitrogens with one attached hydrogen (secondary N) is 1. The first-order chi connectivity index (χ1) is 14.6. The highest BCUT2D eigenvalue weighted by Crippen LogP contribution is 2.39. The van der Waals surface area contributed by atoms with Gasteiger partial charge in [0.1, 0.15) is 6.04 Å². The lowest BCUT2D eigenvalue weighted by Gasteiger charge is -2.27. The van der Waals surface area contributed by atoms with Crippen LogP contribution in [0.4, 0.5) is 18.9 Å². The first-order valence-corrected chi connectivity index (χ1v) is 11.3. The lowest BCUT2D eigenvalue weighted by atomic mass is 9.95. The molecule has 3 rings (SSSR count). The van der Waals surface area contributed by atoms with Gasteiger partial charge >= 0.3 is 6.18 Å². The summed E-state index contributed by atoms with van der Waals surface area (Å²) in [5, 5.41) is 12.3. The third kappa shape index (κ3) is 4.35. The van der Waals surface area contributed by atoms with Crippen molar-refractivity contribution in [3.05, 3.63) is 59.2 Å². The van der Waals surface area contributed by atoms with Crippen molar-refractivity contribution in [3.8, 4) is 0 Å². The van der Waals surface area contributed by atoms with Crippen LogP contribution in [0.3, 0.4) is 0 Å². The van der Waals surface area contributed by atoms with Crippen molar-refractivity contribution in [3.63, 3.8) is 0 Å². The van der Waals surface area contributed by atoms with E-state index in [1.54, 1.807) is 0 Å². The second kappa shape index (κ2) is 7.89. The molecule has 172 valence electrons. The molecule has 1 heterocycles. The van der Waals surface area contributed by atoms with Gasteiger partial charge in [-0.3, -0.25) is 9.59 Å². The summed E-state index contributed by atoms with van der Waals surface area (Å²) in [5.74, 6) is -1.01. The fraction of sp³-hybridized carbons (Fsp3) is 0.333. The van der Waals surface area contributed by atoms with E-state index in [2.05, 4.69) is 5.32 Å². The molecule has 1 aliphatic heterocycles. The largest absolute Gasteiger partial charge is 0.421 e. The van der Waals surface area contributed by atoms with Gasteiger partial charge in [0, 0.05) is 25.4 Å². The summed E-state index contributed by atoms with van der Waals surface area (Å²) in [4.78, 5) is 26.4. The number of hydrogen-bond acceptors (Lipinski definition) is 5. The molecule has 32 heavy (non-hydrogen) atoms. The molecular weight excluding hydrogens is 449 g/mol. The zero-order valence-corrected chi connectivity index (χ0v) is 18.2. The van der Waals surface area contributed by atoms with Crippen molar-refractivity contribution < 1.29 is 36.3 Å². The van der Waals surface area contributed by atoms with E-state index in [0.717, 1.165) is 18.4 Å². The fourth-order valence-electron chi connectivity index (χ4n) is 3.49. The predicted molar refractivity (Wildman–Crippen MR) is 109 cm³/mol. The summed E-state index contributed by atoms with van der Waals surface area (Å²) in [7, 11) is -3.48. The second-order valence-corrected chi connectivity index (χ2v) is 9.83. The maximum Gasteiger partial charge on any atom is 0.421 e. The molecule has 2 aromatic carbocycles. The third-order valence-electron chi connectivity index (χ3n) is 5.41. The molecule has 2 atom stereocenters. The maximum absolute atomic E-state index is 13.0. The molecule has 0 aliphatic carbocycles. The number of fused-ring (bicyclic) bond motifs is 1. The molecule has 2 amide bonds. The average Bonchev–Trinajstić information content (AvgIpc) is 3.06. The predicted octanol–water partition coefficient (Wildman–Crippen LogP) is 2.90. The quantitative estimate of drug-likeness (QED) is 0.715. The highest BCUT2D eigenvalue weighted by Gasteiger charge is 2.51. The molecule has 0 spiro atoms. The van der Waals surface area contributed by atoms with Crippen molar-refractivity contribution in [2.24, 2.45) is 0 Å². The monoisotopic (exact) mass is 470 g/mol. The molecule has 1 aliphatic rings.